The van der Waals surface area contributed by atoms with Gasteiger partial charge in [-0.2, -0.15) is 0 Å². The molecule has 4 atom stereocenters. The van der Waals surface area contributed by atoms with Gasteiger partial charge in [0, 0.05) is 5.92 Å². The lowest BCUT2D eigenvalue weighted by Crippen LogP contribution is -2.51. The minimum Gasteiger partial charge on any atom is -0.388 e. The second-order valence-electron chi connectivity index (χ2n) is 6.99. The van der Waals surface area contributed by atoms with Crippen LogP contribution < -0.4 is 0 Å². The Hall–Kier alpha value is -0.790. The van der Waals surface area contributed by atoms with Crippen LogP contribution in [0.3, 0.4) is 0 Å². The second kappa shape index (κ2) is 4.10. The number of hydrogen-bond acceptors (Lipinski definition) is 2. The number of unbranched alkanes of at least 4 members (excludes halogenated alkanes) is 3. The van der Waals surface area contributed by atoms with E-state index in [0.29, 0.717) is 11.3 Å². The second-order valence-corrected chi connectivity index (χ2v) is 6.99. The summed E-state index contributed by atoms with van der Waals surface area (Å²) in [4.78, 5) is 6.17. The molecule has 2 fully saturated rings. The summed E-state index contributed by atoms with van der Waals surface area (Å²) in [5.74, 6) is 1.37. The van der Waals surface area contributed by atoms with E-state index in [-0.39, 0.29) is 5.60 Å². The third-order valence-electron chi connectivity index (χ3n) is 6.29. The molecule has 0 aromatic rings. The fraction of sp³-hybridized carbons (Fsp3) is 0.824. The first-order chi connectivity index (χ1) is 9.33. The van der Waals surface area contributed by atoms with Gasteiger partial charge in [0.1, 0.15) is 0 Å². The van der Waals surface area contributed by atoms with Crippen LogP contribution in [0.15, 0.2) is 17.3 Å². The van der Waals surface area contributed by atoms with Gasteiger partial charge in [0.15, 0.2) is 5.60 Å². The zero-order chi connectivity index (χ0) is 12.9. The van der Waals surface area contributed by atoms with E-state index in [1.54, 1.807) is 0 Å². The molecule has 4 aliphatic rings. The van der Waals surface area contributed by atoms with Crippen molar-refractivity contribution in [1.82, 2.24) is 0 Å². The van der Waals surface area contributed by atoms with Gasteiger partial charge in [0.05, 0.1) is 11.1 Å². The first-order valence-electron chi connectivity index (χ1n) is 8.27. The molecular weight excluding hydrogens is 234 g/mol. The number of nitrogens with zero attached hydrogens (tertiary/aromatic N) is 1. The highest BCUT2D eigenvalue weighted by atomic mass is 16.7. The summed E-state index contributed by atoms with van der Waals surface area (Å²) in [6.45, 7) is 2.28. The van der Waals surface area contributed by atoms with Crippen LogP contribution >= 0.6 is 0 Å². The molecule has 2 saturated carbocycles. The van der Waals surface area contributed by atoms with Crippen LogP contribution in [0.1, 0.15) is 64.7 Å². The van der Waals surface area contributed by atoms with Gasteiger partial charge < -0.3 is 4.84 Å². The Morgan fingerprint density at radius 1 is 1.26 bits per heavy atom. The normalized spacial score (nSPS) is 45.2. The molecule has 1 spiro atoms. The number of fused-ring (bicyclic) bond motifs is 3. The maximum atomic E-state index is 6.17. The van der Waals surface area contributed by atoms with Crippen molar-refractivity contribution in [2.24, 2.45) is 22.4 Å². The molecule has 4 unspecified atom stereocenters. The van der Waals surface area contributed by atoms with Crippen LogP contribution in [0, 0.1) is 17.3 Å². The van der Waals surface area contributed by atoms with Crippen molar-refractivity contribution >= 4 is 5.71 Å². The largest absolute Gasteiger partial charge is 0.388 e. The van der Waals surface area contributed by atoms with Crippen LogP contribution in [-0.2, 0) is 4.84 Å². The predicted molar refractivity (Wildman–Crippen MR) is 77.0 cm³/mol. The first kappa shape index (κ1) is 12.0. The zero-order valence-corrected chi connectivity index (χ0v) is 12.0. The summed E-state index contributed by atoms with van der Waals surface area (Å²) in [5, 5.41) is 4.56. The van der Waals surface area contributed by atoms with Crippen LogP contribution in [0.4, 0.5) is 0 Å². The Labute approximate surface area is 116 Å². The molecule has 0 amide bonds. The van der Waals surface area contributed by atoms with E-state index >= 15 is 0 Å². The van der Waals surface area contributed by atoms with E-state index < -0.39 is 0 Å². The quantitative estimate of drug-likeness (QED) is 0.527. The van der Waals surface area contributed by atoms with Gasteiger partial charge in [-0.15, -0.1) is 0 Å². The summed E-state index contributed by atoms with van der Waals surface area (Å²) in [6, 6.07) is 0. The molecule has 0 radical (unpaired) electrons. The van der Waals surface area contributed by atoms with Gasteiger partial charge in [-0.25, -0.2) is 0 Å². The Balaban J connectivity index is 1.61. The maximum Gasteiger partial charge on any atom is 0.155 e. The third-order valence-corrected chi connectivity index (χ3v) is 6.29. The fourth-order valence-electron chi connectivity index (χ4n) is 5.49. The molecule has 1 heterocycles. The number of allylic oxidation sites excluding steroid dienone is 1. The summed E-state index contributed by atoms with van der Waals surface area (Å²) in [6.07, 6.45) is 16.7. The monoisotopic (exact) mass is 259 g/mol. The summed E-state index contributed by atoms with van der Waals surface area (Å²) in [5.41, 5.74) is 1.80. The molecule has 0 aromatic heterocycles. The minimum absolute atomic E-state index is 0.0615. The highest BCUT2D eigenvalue weighted by molar-refractivity contribution is 5.95. The predicted octanol–water partition coefficient (Wildman–Crippen LogP) is 4.46. The lowest BCUT2D eigenvalue weighted by molar-refractivity contribution is -0.100. The molecule has 104 valence electrons. The van der Waals surface area contributed by atoms with Crippen molar-refractivity contribution in [2.45, 2.75) is 70.3 Å². The highest BCUT2D eigenvalue weighted by Crippen LogP contribution is 2.69. The molecule has 4 rings (SSSR count). The molecule has 0 N–H and O–H groups in total. The van der Waals surface area contributed by atoms with E-state index in [9.17, 15) is 0 Å². The average molecular weight is 259 g/mol. The van der Waals surface area contributed by atoms with E-state index in [4.69, 9.17) is 4.84 Å². The van der Waals surface area contributed by atoms with Gasteiger partial charge in [-0.1, -0.05) is 43.5 Å². The number of oxime groups is 1. The Bertz CT molecular complexity index is 441. The van der Waals surface area contributed by atoms with Gasteiger partial charge in [0.2, 0.25) is 0 Å². The smallest absolute Gasteiger partial charge is 0.155 e. The van der Waals surface area contributed by atoms with Gasteiger partial charge in [0.25, 0.3) is 0 Å². The molecule has 19 heavy (non-hydrogen) atoms. The Morgan fingerprint density at radius 2 is 2.16 bits per heavy atom. The van der Waals surface area contributed by atoms with E-state index in [0.717, 1.165) is 5.92 Å². The van der Waals surface area contributed by atoms with Crippen molar-refractivity contribution in [3.8, 4) is 0 Å². The molecule has 2 bridgehead atoms. The topological polar surface area (TPSA) is 21.6 Å². The zero-order valence-electron chi connectivity index (χ0n) is 12.0. The summed E-state index contributed by atoms with van der Waals surface area (Å²) in [7, 11) is 0. The molecule has 3 aliphatic carbocycles. The molecule has 1 aliphatic heterocycles. The van der Waals surface area contributed by atoms with Crippen molar-refractivity contribution in [1.29, 1.82) is 0 Å². The van der Waals surface area contributed by atoms with E-state index in [1.165, 1.54) is 63.5 Å². The van der Waals surface area contributed by atoms with Crippen LogP contribution in [0.25, 0.3) is 0 Å². The van der Waals surface area contributed by atoms with Crippen LogP contribution in [0.5, 0.6) is 0 Å². The number of hydrogen-bond donors (Lipinski definition) is 0. The van der Waals surface area contributed by atoms with Gasteiger partial charge >= 0.3 is 0 Å². The molecule has 0 saturated heterocycles. The first-order valence-corrected chi connectivity index (χ1v) is 8.27. The fourth-order valence-corrected chi connectivity index (χ4v) is 5.49. The van der Waals surface area contributed by atoms with Gasteiger partial charge in [-0.3, -0.25) is 0 Å². The Kier molecular flexibility index (Phi) is 2.59. The molecular formula is C17H25NO. The van der Waals surface area contributed by atoms with Crippen molar-refractivity contribution in [3.63, 3.8) is 0 Å². The summed E-state index contributed by atoms with van der Waals surface area (Å²) < 4.78 is 0. The van der Waals surface area contributed by atoms with Crippen molar-refractivity contribution in [2.75, 3.05) is 0 Å². The van der Waals surface area contributed by atoms with Crippen molar-refractivity contribution in [3.05, 3.63) is 12.2 Å². The minimum atomic E-state index is 0.0615. The third kappa shape index (κ3) is 1.31. The molecule has 0 aromatic carbocycles. The maximum absolute atomic E-state index is 6.17. The van der Waals surface area contributed by atoms with Crippen molar-refractivity contribution < 1.29 is 4.84 Å². The molecule has 2 heteroatoms. The van der Waals surface area contributed by atoms with Crippen LogP contribution in [-0.4, -0.2) is 11.3 Å². The van der Waals surface area contributed by atoms with E-state index in [2.05, 4.69) is 24.2 Å². The standard InChI is InChI=1S/C17H25NO/c1-2-3-4-5-11-17-14-9-8-13(12-14)16(17)10-6-7-15(16)18-19-17/h8-9,13-14H,2-7,10-12H2,1H3. The molecule has 2 nitrogen and oxygen atoms in total. The summed E-state index contributed by atoms with van der Waals surface area (Å²) >= 11 is 0. The Morgan fingerprint density at radius 3 is 3.05 bits per heavy atom. The lowest BCUT2D eigenvalue weighted by atomic mass is 9.62. The SMILES string of the molecule is CCCCCCC12ON=C3CCCC31C1C=CC2C1. The lowest BCUT2D eigenvalue weighted by Gasteiger charge is -2.43. The average Bonchev–Trinajstić information content (AvgIpc) is 3.12. The van der Waals surface area contributed by atoms with Gasteiger partial charge in [-0.05, 0) is 44.4 Å². The van der Waals surface area contributed by atoms with E-state index in [1.807, 2.05) is 0 Å². The van der Waals surface area contributed by atoms with Crippen LogP contribution in [0.2, 0.25) is 0 Å². The number of rotatable bonds is 5. The highest BCUT2D eigenvalue weighted by Gasteiger charge is 2.73.